The zero-order chi connectivity index (χ0) is 71.8. The van der Waals surface area contributed by atoms with Crippen molar-refractivity contribution in [2.24, 2.45) is 0 Å². The Hall–Kier alpha value is -4.54. The van der Waals surface area contributed by atoms with Gasteiger partial charge in [-0.2, -0.15) is 0 Å². The quantitative estimate of drug-likeness (QED) is 0.0169. The van der Waals surface area contributed by atoms with Gasteiger partial charge in [-0.25, -0.2) is 9.13 Å². The van der Waals surface area contributed by atoms with Crippen LogP contribution in [0.15, 0.2) is 122 Å². The average molecular weight is 1420 g/mol. The van der Waals surface area contributed by atoms with E-state index in [-0.39, 0.29) is 25.7 Å². The predicted octanol–water partition coefficient (Wildman–Crippen LogP) is 21.6. The largest absolute Gasteiger partial charge is 0.472 e. The number of unbranched alkanes of at least 4 members (excludes halogenated alkanes) is 24. The topological polar surface area (TPSA) is 237 Å². The molecule has 0 rings (SSSR count). The first-order valence-electron chi connectivity index (χ1n) is 37.8. The van der Waals surface area contributed by atoms with Crippen LogP contribution in [0, 0.1) is 0 Å². The first-order valence-corrected chi connectivity index (χ1v) is 40.8. The second-order valence-electron chi connectivity index (χ2n) is 24.8. The maximum Gasteiger partial charge on any atom is 0.472 e. The Kier molecular flexibility index (Phi) is 67.6. The van der Waals surface area contributed by atoms with Gasteiger partial charge in [-0.05, 0) is 148 Å². The number of carbonyl (C=O) groups is 4. The maximum absolute atomic E-state index is 13.1. The third kappa shape index (κ3) is 69.9. The molecule has 19 heteroatoms. The van der Waals surface area contributed by atoms with Crippen LogP contribution in [-0.4, -0.2) is 96.7 Å². The summed E-state index contributed by atoms with van der Waals surface area (Å²) in [7, 11) is -9.97. The summed E-state index contributed by atoms with van der Waals surface area (Å²) in [5, 5.41) is 10.6. The van der Waals surface area contributed by atoms with Crippen molar-refractivity contribution in [1.29, 1.82) is 0 Å². The number of aliphatic hydroxyl groups is 1. The van der Waals surface area contributed by atoms with E-state index in [4.69, 9.17) is 37.0 Å². The molecule has 5 atom stereocenters. The first kappa shape index (κ1) is 93.5. The van der Waals surface area contributed by atoms with Gasteiger partial charge in [0.15, 0.2) is 12.2 Å². The van der Waals surface area contributed by atoms with Gasteiger partial charge in [-0.1, -0.05) is 246 Å². The fraction of sp³-hybridized carbons (Fsp3) is 0.696. The molecule has 0 aromatic rings. The molecule has 562 valence electrons. The molecule has 17 nitrogen and oxygen atoms in total. The second kappa shape index (κ2) is 70.9. The third-order valence-corrected chi connectivity index (χ3v) is 17.3. The van der Waals surface area contributed by atoms with Crippen LogP contribution in [0.1, 0.15) is 297 Å². The summed E-state index contributed by atoms with van der Waals surface area (Å²) in [6, 6.07) is 0. The number of rotatable bonds is 70. The molecule has 0 bridgehead atoms. The molecular formula is C79H134O17P2. The number of phosphoric ester groups is 2. The fourth-order valence-electron chi connectivity index (χ4n) is 9.65. The van der Waals surface area contributed by atoms with E-state index in [1.807, 2.05) is 0 Å². The summed E-state index contributed by atoms with van der Waals surface area (Å²) < 4.78 is 68.3. The van der Waals surface area contributed by atoms with Gasteiger partial charge in [0.2, 0.25) is 0 Å². The zero-order valence-corrected chi connectivity index (χ0v) is 63.0. The van der Waals surface area contributed by atoms with Crippen molar-refractivity contribution < 1.29 is 80.2 Å². The predicted molar refractivity (Wildman–Crippen MR) is 399 cm³/mol. The monoisotopic (exact) mass is 1420 g/mol. The van der Waals surface area contributed by atoms with Crippen molar-refractivity contribution in [3.63, 3.8) is 0 Å². The Balaban J connectivity index is 5.39. The van der Waals surface area contributed by atoms with Crippen molar-refractivity contribution in [2.45, 2.75) is 316 Å². The van der Waals surface area contributed by atoms with Crippen LogP contribution < -0.4 is 0 Å². The minimum absolute atomic E-state index is 0.0341. The van der Waals surface area contributed by atoms with Gasteiger partial charge in [0.25, 0.3) is 0 Å². The molecule has 0 aliphatic carbocycles. The molecule has 0 aliphatic rings. The molecule has 0 aromatic heterocycles. The molecule has 0 heterocycles. The number of aliphatic hydroxyl groups excluding tert-OH is 1. The Bertz CT molecular complexity index is 2340. The van der Waals surface area contributed by atoms with Gasteiger partial charge in [0.05, 0.1) is 26.4 Å². The van der Waals surface area contributed by atoms with Gasteiger partial charge < -0.3 is 33.8 Å². The van der Waals surface area contributed by atoms with Crippen molar-refractivity contribution >= 4 is 39.5 Å². The SMILES string of the molecule is CC/C=C\C/C=C\C/C=C\C/C=C\CCCCCCC(=O)OCC(COP(=O)(O)OCC(O)COP(=O)(O)OCC(COC(=O)CCCCCCC/C=C\CCCCCCCC)OC(=O)CCCCCCC/C=C\CCCC)OC(=O)CCCC/C=C\C/C=C\C/C=C\C/C=C\CC. The lowest BCUT2D eigenvalue weighted by molar-refractivity contribution is -0.161. The molecular weight excluding hydrogens is 1280 g/mol. The van der Waals surface area contributed by atoms with Gasteiger partial charge in [0.1, 0.15) is 19.3 Å². The number of esters is 4. The highest BCUT2D eigenvalue weighted by molar-refractivity contribution is 7.47. The molecule has 0 spiro atoms. The highest BCUT2D eigenvalue weighted by Gasteiger charge is 2.30. The summed E-state index contributed by atoms with van der Waals surface area (Å²) in [4.78, 5) is 72.8. The summed E-state index contributed by atoms with van der Waals surface area (Å²) in [5.41, 5.74) is 0. The smallest absolute Gasteiger partial charge is 0.462 e. The first-order chi connectivity index (χ1) is 47.7. The van der Waals surface area contributed by atoms with Crippen molar-refractivity contribution in [1.82, 2.24) is 0 Å². The summed E-state index contributed by atoms with van der Waals surface area (Å²) in [6.07, 6.45) is 76.3. The van der Waals surface area contributed by atoms with E-state index < -0.39 is 97.5 Å². The highest BCUT2D eigenvalue weighted by Crippen LogP contribution is 2.45. The van der Waals surface area contributed by atoms with Crippen LogP contribution in [0.3, 0.4) is 0 Å². The third-order valence-electron chi connectivity index (χ3n) is 15.4. The lowest BCUT2D eigenvalue weighted by Crippen LogP contribution is -2.30. The number of hydrogen-bond donors (Lipinski definition) is 3. The van der Waals surface area contributed by atoms with Crippen LogP contribution in [0.2, 0.25) is 0 Å². The molecule has 0 aromatic carbocycles. The van der Waals surface area contributed by atoms with Crippen LogP contribution in [0.25, 0.3) is 0 Å². The fourth-order valence-corrected chi connectivity index (χ4v) is 11.2. The maximum atomic E-state index is 13.1. The zero-order valence-electron chi connectivity index (χ0n) is 61.2. The minimum Gasteiger partial charge on any atom is -0.462 e. The minimum atomic E-state index is -4.99. The van der Waals surface area contributed by atoms with Crippen LogP contribution >= 0.6 is 15.6 Å². The Morgan fingerprint density at radius 2 is 0.541 bits per heavy atom. The van der Waals surface area contributed by atoms with Crippen molar-refractivity contribution in [3.05, 3.63) is 122 Å². The van der Waals surface area contributed by atoms with E-state index in [1.165, 1.54) is 51.4 Å². The number of hydrogen-bond acceptors (Lipinski definition) is 15. The number of allylic oxidation sites excluding steroid dienone is 20. The van der Waals surface area contributed by atoms with Crippen molar-refractivity contribution in [2.75, 3.05) is 39.6 Å². The molecule has 5 unspecified atom stereocenters. The number of carbonyl (C=O) groups excluding carboxylic acids is 4. The summed E-state index contributed by atoms with van der Waals surface area (Å²) in [6.45, 7) is 4.50. The van der Waals surface area contributed by atoms with E-state index in [2.05, 4.69) is 149 Å². The van der Waals surface area contributed by atoms with E-state index in [0.29, 0.717) is 32.1 Å². The van der Waals surface area contributed by atoms with Crippen LogP contribution in [0.5, 0.6) is 0 Å². The number of phosphoric acid groups is 2. The van der Waals surface area contributed by atoms with E-state index in [1.54, 1.807) is 0 Å². The molecule has 3 N–H and O–H groups in total. The van der Waals surface area contributed by atoms with Gasteiger partial charge >= 0.3 is 39.5 Å². The number of ether oxygens (including phenoxy) is 4. The molecule has 0 saturated carbocycles. The summed E-state index contributed by atoms with van der Waals surface area (Å²) in [5.74, 6) is -2.27. The molecule has 0 fully saturated rings. The van der Waals surface area contributed by atoms with Crippen molar-refractivity contribution in [3.8, 4) is 0 Å². The highest BCUT2D eigenvalue weighted by atomic mass is 31.2. The lowest BCUT2D eigenvalue weighted by atomic mass is 10.1. The molecule has 0 saturated heterocycles. The molecule has 98 heavy (non-hydrogen) atoms. The second-order valence-corrected chi connectivity index (χ2v) is 27.7. The van der Waals surface area contributed by atoms with Gasteiger partial charge in [-0.15, -0.1) is 0 Å². The Morgan fingerprint density at radius 1 is 0.296 bits per heavy atom. The van der Waals surface area contributed by atoms with Gasteiger partial charge in [-0.3, -0.25) is 37.3 Å². The van der Waals surface area contributed by atoms with Crippen LogP contribution in [-0.2, 0) is 65.4 Å². The summed E-state index contributed by atoms with van der Waals surface area (Å²) >= 11 is 0. The normalized spacial score (nSPS) is 14.6. The van der Waals surface area contributed by atoms with E-state index in [9.17, 15) is 43.2 Å². The van der Waals surface area contributed by atoms with E-state index in [0.717, 1.165) is 161 Å². The molecule has 0 radical (unpaired) electrons. The van der Waals surface area contributed by atoms with Gasteiger partial charge in [0, 0.05) is 25.7 Å². The lowest BCUT2D eigenvalue weighted by Gasteiger charge is -2.21. The standard InChI is InChI=1S/C79H134O17P2/c1-5-9-13-17-21-25-29-32-35-36-39-41-45-48-52-56-60-64-77(82)90-70-75(96-79(84)66-62-58-54-50-46-42-38-34-31-27-23-19-15-11-7-3)72-94-98(87,88)92-68-73(80)67-91-97(85,86)93-71-74(95-78(83)65-61-57-53-49-43-28-24-20-16-12-8-4)69-89-76(81)63-59-55-51-47-44-40-37-33-30-26-22-18-14-10-6-2/h9,11,13,15,20-21,23-25,27,32-35,37-39,41,46,50,73-75,80H,5-8,10,12,14,16-19,22,26,28-31,36,40,42-45,47-49,51-72H2,1-4H3,(H,85,86)(H,87,88)/b13-9-,15-11-,24-20-,25-21-,27-23-,35-32-,37-33-,38-34-,41-39-,50-46-. The van der Waals surface area contributed by atoms with E-state index >= 15 is 0 Å². The molecule has 0 amide bonds. The molecule has 0 aliphatic heterocycles. The Morgan fingerprint density at radius 3 is 0.878 bits per heavy atom. The average Bonchev–Trinajstić information content (AvgIpc) is 0.986. The Labute approximate surface area is 593 Å². The van der Waals surface area contributed by atoms with Crippen LogP contribution in [0.4, 0.5) is 0 Å².